The minimum absolute atomic E-state index is 0.0284. The summed E-state index contributed by atoms with van der Waals surface area (Å²) >= 11 is 1.28. The van der Waals surface area contributed by atoms with Crippen LogP contribution < -0.4 is 5.32 Å². The Morgan fingerprint density at radius 2 is 2.05 bits per heavy atom. The molecule has 6 nitrogen and oxygen atoms in total. The molecule has 2 aliphatic rings. The van der Waals surface area contributed by atoms with Crippen molar-refractivity contribution in [2.24, 2.45) is 5.92 Å². The highest BCUT2D eigenvalue weighted by Crippen LogP contribution is 2.24. The maximum Gasteiger partial charge on any atom is 0.308 e. The van der Waals surface area contributed by atoms with Crippen LogP contribution in [0.25, 0.3) is 0 Å². The molecule has 2 atom stereocenters. The topological polar surface area (TPSA) is 86.7 Å². The van der Waals surface area contributed by atoms with Crippen LogP contribution in [0.15, 0.2) is 0 Å². The van der Waals surface area contributed by atoms with E-state index in [-0.39, 0.29) is 23.6 Å². The molecule has 2 amide bonds. The number of amides is 2. The molecule has 1 saturated carbocycles. The molecule has 1 heterocycles. The zero-order chi connectivity index (χ0) is 15.2. The average molecular weight is 314 g/mol. The smallest absolute Gasteiger partial charge is 0.308 e. The van der Waals surface area contributed by atoms with Crippen LogP contribution in [0.3, 0.4) is 0 Å². The summed E-state index contributed by atoms with van der Waals surface area (Å²) in [6.45, 7) is 1.11. The molecule has 0 aromatic rings. The van der Waals surface area contributed by atoms with E-state index in [1.165, 1.54) is 11.8 Å². The van der Waals surface area contributed by atoms with Crippen molar-refractivity contribution in [2.75, 3.05) is 18.8 Å². The quantitative estimate of drug-likeness (QED) is 0.754. The summed E-state index contributed by atoms with van der Waals surface area (Å²) in [5.41, 5.74) is 0. The van der Waals surface area contributed by atoms with Crippen LogP contribution in [0.5, 0.6) is 0 Å². The van der Waals surface area contributed by atoms with Gasteiger partial charge in [0.2, 0.25) is 5.91 Å². The maximum atomic E-state index is 12.0. The lowest BCUT2D eigenvalue weighted by molar-refractivity contribution is -0.143. The predicted molar refractivity (Wildman–Crippen MR) is 80.2 cm³/mol. The van der Waals surface area contributed by atoms with E-state index in [1.807, 2.05) is 0 Å². The molecule has 1 saturated heterocycles. The molecular weight excluding hydrogens is 292 g/mol. The fourth-order valence-electron chi connectivity index (χ4n) is 2.92. The summed E-state index contributed by atoms with van der Waals surface area (Å²) < 4.78 is 0. The van der Waals surface area contributed by atoms with Gasteiger partial charge in [0.15, 0.2) is 0 Å². The number of hydrogen-bond acceptors (Lipinski definition) is 4. The second-order valence-electron chi connectivity index (χ2n) is 5.61. The Bertz CT molecular complexity index is 416. The van der Waals surface area contributed by atoms with E-state index < -0.39 is 11.9 Å². The molecule has 21 heavy (non-hydrogen) atoms. The number of carboxylic acids is 1. The number of carbonyl (C=O) groups excluding carboxylic acids is 2. The number of thioether (sulfide) groups is 1. The molecule has 0 bridgehead atoms. The van der Waals surface area contributed by atoms with Crippen molar-refractivity contribution in [1.82, 2.24) is 10.2 Å². The van der Waals surface area contributed by atoms with E-state index in [1.54, 1.807) is 4.90 Å². The summed E-state index contributed by atoms with van der Waals surface area (Å²) in [6.07, 6.45) is 4.48. The normalized spacial score (nSPS) is 26.5. The van der Waals surface area contributed by atoms with E-state index in [0.717, 1.165) is 31.4 Å². The van der Waals surface area contributed by atoms with Crippen LogP contribution >= 0.6 is 11.8 Å². The van der Waals surface area contributed by atoms with E-state index in [9.17, 15) is 19.5 Å². The van der Waals surface area contributed by atoms with Crippen LogP contribution in [-0.4, -0.2) is 52.0 Å². The number of hydrogen-bond donors (Lipinski definition) is 2. The number of nitrogens with zero attached hydrogens (tertiary/aromatic N) is 1. The average Bonchev–Trinajstić information content (AvgIpc) is 2.70. The zero-order valence-corrected chi connectivity index (χ0v) is 12.9. The Kier molecular flexibility index (Phi) is 5.90. The highest BCUT2D eigenvalue weighted by Gasteiger charge is 2.30. The van der Waals surface area contributed by atoms with Gasteiger partial charge in [0, 0.05) is 31.3 Å². The Hall–Kier alpha value is -1.24. The number of rotatable bonds is 5. The minimum atomic E-state index is -0.826. The summed E-state index contributed by atoms with van der Waals surface area (Å²) in [5.74, 6) is -0.684. The molecule has 0 spiro atoms. The van der Waals surface area contributed by atoms with Gasteiger partial charge in [-0.05, 0) is 12.8 Å². The standard InChI is InChI=1S/C14H22N2O4S/c17-12(6-7-16-8-9-21-14(16)20)15-11-5-3-1-2-4-10(11)13(18)19/h10-11H,1-9H2,(H,15,17)(H,18,19). The van der Waals surface area contributed by atoms with E-state index in [0.29, 0.717) is 19.5 Å². The van der Waals surface area contributed by atoms with Crippen molar-refractivity contribution in [3.8, 4) is 0 Å². The molecule has 2 N–H and O–H groups in total. The third-order valence-corrected chi connectivity index (χ3v) is 5.03. The van der Waals surface area contributed by atoms with Gasteiger partial charge in [0.1, 0.15) is 0 Å². The number of carbonyl (C=O) groups is 3. The lowest BCUT2D eigenvalue weighted by Crippen LogP contribution is -2.43. The molecule has 0 aromatic carbocycles. The van der Waals surface area contributed by atoms with Gasteiger partial charge in [-0.15, -0.1) is 0 Å². The van der Waals surface area contributed by atoms with Crippen molar-refractivity contribution in [2.45, 2.75) is 44.6 Å². The third kappa shape index (κ3) is 4.62. The van der Waals surface area contributed by atoms with Gasteiger partial charge in [-0.25, -0.2) is 0 Å². The van der Waals surface area contributed by atoms with Gasteiger partial charge in [-0.3, -0.25) is 14.4 Å². The van der Waals surface area contributed by atoms with Gasteiger partial charge < -0.3 is 15.3 Å². The van der Waals surface area contributed by atoms with Gasteiger partial charge in [0.05, 0.1) is 5.92 Å². The van der Waals surface area contributed by atoms with E-state index in [2.05, 4.69) is 5.32 Å². The molecular formula is C14H22N2O4S. The molecule has 0 aromatic heterocycles. The third-order valence-electron chi connectivity index (χ3n) is 4.13. The summed E-state index contributed by atoms with van der Waals surface area (Å²) in [7, 11) is 0. The van der Waals surface area contributed by atoms with Crippen molar-refractivity contribution in [3.63, 3.8) is 0 Å². The van der Waals surface area contributed by atoms with Crippen LogP contribution in [0.2, 0.25) is 0 Å². The molecule has 1 aliphatic heterocycles. The van der Waals surface area contributed by atoms with Crippen molar-refractivity contribution < 1.29 is 19.5 Å². The van der Waals surface area contributed by atoms with Gasteiger partial charge in [-0.1, -0.05) is 31.0 Å². The highest BCUT2D eigenvalue weighted by molar-refractivity contribution is 8.13. The first-order chi connectivity index (χ1) is 10.1. The molecule has 2 rings (SSSR count). The zero-order valence-electron chi connectivity index (χ0n) is 12.0. The van der Waals surface area contributed by atoms with Crippen LogP contribution in [0.4, 0.5) is 4.79 Å². The van der Waals surface area contributed by atoms with Gasteiger partial charge >= 0.3 is 5.97 Å². The minimum Gasteiger partial charge on any atom is -0.481 e. The molecule has 2 fully saturated rings. The first-order valence-electron chi connectivity index (χ1n) is 7.52. The predicted octanol–water partition coefficient (Wildman–Crippen LogP) is 1.69. The first-order valence-corrected chi connectivity index (χ1v) is 8.50. The largest absolute Gasteiger partial charge is 0.481 e. The van der Waals surface area contributed by atoms with E-state index >= 15 is 0 Å². The SMILES string of the molecule is O=C(CCN1CCSC1=O)NC1CCCCCC1C(=O)O. The van der Waals surface area contributed by atoms with Crippen molar-refractivity contribution in [1.29, 1.82) is 0 Å². The fourth-order valence-corrected chi connectivity index (χ4v) is 3.77. The Morgan fingerprint density at radius 3 is 2.71 bits per heavy atom. The molecule has 7 heteroatoms. The second-order valence-corrected chi connectivity index (χ2v) is 6.65. The van der Waals surface area contributed by atoms with Crippen LogP contribution in [0.1, 0.15) is 38.5 Å². The maximum absolute atomic E-state index is 12.0. The number of carboxylic acid groups (broad SMARTS) is 1. The van der Waals surface area contributed by atoms with Crippen LogP contribution in [-0.2, 0) is 9.59 Å². The van der Waals surface area contributed by atoms with Gasteiger partial charge in [-0.2, -0.15) is 0 Å². The summed E-state index contributed by atoms with van der Waals surface area (Å²) in [5, 5.41) is 12.2. The summed E-state index contributed by atoms with van der Waals surface area (Å²) in [4.78, 5) is 36.4. The Morgan fingerprint density at radius 1 is 1.29 bits per heavy atom. The van der Waals surface area contributed by atoms with Gasteiger partial charge in [0.25, 0.3) is 5.24 Å². The molecule has 1 aliphatic carbocycles. The van der Waals surface area contributed by atoms with Crippen LogP contribution in [0, 0.1) is 5.92 Å². The highest BCUT2D eigenvalue weighted by atomic mass is 32.2. The van der Waals surface area contributed by atoms with Crippen molar-refractivity contribution in [3.05, 3.63) is 0 Å². The lowest BCUT2D eigenvalue weighted by Gasteiger charge is -2.23. The monoisotopic (exact) mass is 314 g/mol. The number of nitrogens with one attached hydrogen (secondary N) is 1. The first kappa shape index (κ1) is 16.1. The number of aliphatic carboxylic acids is 1. The lowest BCUT2D eigenvalue weighted by atomic mass is 9.95. The fraction of sp³-hybridized carbons (Fsp3) is 0.786. The Labute approximate surface area is 128 Å². The second kappa shape index (κ2) is 7.68. The summed E-state index contributed by atoms with van der Waals surface area (Å²) in [6, 6.07) is -0.277. The molecule has 2 unspecified atom stereocenters. The van der Waals surface area contributed by atoms with E-state index in [4.69, 9.17) is 0 Å². The molecule has 0 radical (unpaired) electrons. The van der Waals surface area contributed by atoms with Crippen molar-refractivity contribution >= 4 is 28.9 Å². The molecule has 118 valence electrons. The Balaban J connectivity index is 1.81.